The van der Waals surface area contributed by atoms with Crippen molar-refractivity contribution in [1.82, 2.24) is 9.55 Å². The number of hydrogen-bond donors (Lipinski definition) is 0. The first-order valence-electron chi connectivity index (χ1n) is 7.77. The molecule has 3 rings (SSSR count). The van der Waals surface area contributed by atoms with Gasteiger partial charge in [0.1, 0.15) is 0 Å². The lowest BCUT2D eigenvalue weighted by Crippen LogP contribution is -2.07. The number of aromatic nitrogens is 2. The maximum absolute atomic E-state index is 4.67. The molecule has 22 heavy (non-hydrogen) atoms. The summed E-state index contributed by atoms with van der Waals surface area (Å²) in [5.74, 6) is 0.920. The number of para-hydroxylation sites is 3. The highest BCUT2D eigenvalue weighted by atomic mass is 79.9. The average molecular weight is 357 g/mol. The molecule has 3 aromatic rings. The van der Waals surface area contributed by atoms with Crippen LogP contribution in [0.15, 0.2) is 47.2 Å². The van der Waals surface area contributed by atoms with Gasteiger partial charge in [0.2, 0.25) is 0 Å². The minimum atomic E-state index is 0.460. The van der Waals surface area contributed by atoms with Gasteiger partial charge in [0.05, 0.1) is 16.7 Å². The highest BCUT2D eigenvalue weighted by Crippen LogP contribution is 2.35. The Morgan fingerprint density at radius 1 is 0.864 bits per heavy atom. The first-order chi connectivity index (χ1) is 10.5. The SMILES string of the molecule is CC(C)c1cccc(C(C)C)c1-n1c(Br)nc2ccccc21. The Bertz CT molecular complexity index is 789. The Labute approximate surface area is 140 Å². The third-order valence-corrected chi connectivity index (χ3v) is 4.62. The van der Waals surface area contributed by atoms with Crippen molar-refractivity contribution in [1.29, 1.82) is 0 Å². The van der Waals surface area contributed by atoms with E-state index in [9.17, 15) is 0 Å². The molecule has 3 heteroatoms. The summed E-state index contributed by atoms with van der Waals surface area (Å²) in [4.78, 5) is 4.67. The van der Waals surface area contributed by atoms with Crippen molar-refractivity contribution in [2.75, 3.05) is 0 Å². The van der Waals surface area contributed by atoms with Crippen molar-refractivity contribution in [3.63, 3.8) is 0 Å². The second kappa shape index (κ2) is 5.88. The van der Waals surface area contributed by atoms with Crippen LogP contribution in [0.2, 0.25) is 0 Å². The fourth-order valence-corrected chi connectivity index (χ4v) is 3.54. The van der Waals surface area contributed by atoms with Crippen LogP contribution in [-0.4, -0.2) is 9.55 Å². The monoisotopic (exact) mass is 356 g/mol. The van der Waals surface area contributed by atoms with E-state index in [-0.39, 0.29) is 0 Å². The topological polar surface area (TPSA) is 17.8 Å². The summed E-state index contributed by atoms with van der Waals surface area (Å²) in [6, 6.07) is 14.9. The van der Waals surface area contributed by atoms with E-state index in [1.165, 1.54) is 16.8 Å². The molecule has 1 heterocycles. The first kappa shape index (κ1) is 15.3. The second-order valence-corrected chi connectivity index (χ2v) is 7.01. The molecule has 0 atom stereocenters. The molecular formula is C19H21BrN2. The molecule has 2 aromatic carbocycles. The van der Waals surface area contributed by atoms with Gasteiger partial charge in [0, 0.05) is 0 Å². The zero-order valence-corrected chi connectivity index (χ0v) is 15.1. The van der Waals surface area contributed by atoms with Crippen LogP contribution in [0.25, 0.3) is 16.7 Å². The van der Waals surface area contributed by atoms with Gasteiger partial charge in [-0.2, -0.15) is 0 Å². The van der Waals surface area contributed by atoms with E-state index in [2.05, 4.69) is 89.6 Å². The minimum Gasteiger partial charge on any atom is -0.286 e. The highest BCUT2D eigenvalue weighted by Gasteiger charge is 2.19. The van der Waals surface area contributed by atoms with Crippen molar-refractivity contribution in [3.8, 4) is 5.69 Å². The Kier molecular flexibility index (Phi) is 4.09. The summed E-state index contributed by atoms with van der Waals surface area (Å²) in [6.45, 7) is 8.98. The van der Waals surface area contributed by atoms with Gasteiger partial charge >= 0.3 is 0 Å². The van der Waals surface area contributed by atoms with E-state index in [0.717, 1.165) is 15.8 Å². The van der Waals surface area contributed by atoms with Gasteiger partial charge in [-0.25, -0.2) is 4.98 Å². The molecule has 0 saturated heterocycles. The summed E-state index contributed by atoms with van der Waals surface area (Å²) >= 11 is 3.66. The number of nitrogens with zero attached hydrogens (tertiary/aromatic N) is 2. The van der Waals surface area contributed by atoms with Crippen LogP contribution in [0.1, 0.15) is 50.7 Å². The zero-order chi connectivity index (χ0) is 15.9. The minimum absolute atomic E-state index is 0.460. The number of rotatable bonds is 3. The van der Waals surface area contributed by atoms with Gasteiger partial charge in [0.25, 0.3) is 0 Å². The molecule has 114 valence electrons. The molecule has 1 aromatic heterocycles. The van der Waals surface area contributed by atoms with Crippen molar-refractivity contribution in [3.05, 3.63) is 58.3 Å². The summed E-state index contributed by atoms with van der Waals surface area (Å²) in [5, 5.41) is 0. The molecule has 0 fully saturated rings. The summed E-state index contributed by atoms with van der Waals surface area (Å²) < 4.78 is 3.11. The molecule has 2 nitrogen and oxygen atoms in total. The fraction of sp³-hybridized carbons (Fsp3) is 0.316. The number of halogens is 1. The molecule has 0 aliphatic carbocycles. The van der Waals surface area contributed by atoms with E-state index < -0.39 is 0 Å². The quantitative estimate of drug-likeness (QED) is 0.559. The van der Waals surface area contributed by atoms with E-state index in [0.29, 0.717) is 11.8 Å². The molecule has 0 N–H and O–H groups in total. The summed E-state index contributed by atoms with van der Waals surface area (Å²) in [5.41, 5.74) is 6.14. The van der Waals surface area contributed by atoms with Gasteiger partial charge in [0.15, 0.2) is 4.73 Å². The molecule has 0 aliphatic rings. The van der Waals surface area contributed by atoms with Crippen molar-refractivity contribution in [2.45, 2.75) is 39.5 Å². The average Bonchev–Trinajstić information content (AvgIpc) is 2.81. The molecule has 0 radical (unpaired) electrons. The van der Waals surface area contributed by atoms with Crippen LogP contribution in [0.4, 0.5) is 0 Å². The Morgan fingerprint density at radius 3 is 2.05 bits per heavy atom. The maximum atomic E-state index is 4.67. The smallest absolute Gasteiger partial charge is 0.182 e. The third kappa shape index (κ3) is 2.48. The van der Waals surface area contributed by atoms with Gasteiger partial charge in [-0.3, -0.25) is 4.57 Å². The van der Waals surface area contributed by atoms with Gasteiger partial charge in [-0.1, -0.05) is 58.0 Å². The number of benzene rings is 2. The summed E-state index contributed by atoms with van der Waals surface area (Å²) in [7, 11) is 0. The van der Waals surface area contributed by atoms with E-state index in [1.807, 2.05) is 6.07 Å². The third-order valence-electron chi connectivity index (χ3n) is 4.09. The Hall–Kier alpha value is -1.61. The Balaban J connectivity index is 2.41. The number of fused-ring (bicyclic) bond motifs is 1. The maximum Gasteiger partial charge on any atom is 0.182 e. The molecule has 0 saturated carbocycles. The Morgan fingerprint density at radius 2 is 1.45 bits per heavy atom. The highest BCUT2D eigenvalue weighted by molar-refractivity contribution is 9.10. The van der Waals surface area contributed by atoms with Crippen molar-refractivity contribution >= 4 is 27.0 Å². The number of imidazole rings is 1. The van der Waals surface area contributed by atoms with Crippen LogP contribution >= 0.6 is 15.9 Å². The van der Waals surface area contributed by atoms with E-state index in [4.69, 9.17) is 0 Å². The lowest BCUT2D eigenvalue weighted by molar-refractivity contribution is 0.805. The molecule has 0 unspecified atom stereocenters. The van der Waals surface area contributed by atoms with E-state index >= 15 is 0 Å². The van der Waals surface area contributed by atoms with E-state index in [1.54, 1.807) is 0 Å². The lowest BCUT2D eigenvalue weighted by atomic mass is 9.92. The molecule has 0 amide bonds. The van der Waals surface area contributed by atoms with Crippen molar-refractivity contribution < 1.29 is 0 Å². The standard InChI is InChI=1S/C19H21BrN2/c1-12(2)14-8-7-9-15(13(3)4)18(14)22-17-11-6-5-10-16(17)21-19(22)20/h5-13H,1-4H3. The van der Waals surface area contributed by atoms with Crippen LogP contribution < -0.4 is 0 Å². The fourth-order valence-electron chi connectivity index (χ4n) is 2.98. The summed E-state index contributed by atoms with van der Waals surface area (Å²) in [6.07, 6.45) is 0. The zero-order valence-electron chi connectivity index (χ0n) is 13.5. The lowest BCUT2D eigenvalue weighted by Gasteiger charge is -2.21. The molecule has 0 spiro atoms. The van der Waals surface area contributed by atoms with Crippen LogP contribution in [0.5, 0.6) is 0 Å². The van der Waals surface area contributed by atoms with Gasteiger partial charge in [-0.15, -0.1) is 0 Å². The van der Waals surface area contributed by atoms with Gasteiger partial charge in [-0.05, 0) is 51.0 Å². The van der Waals surface area contributed by atoms with Crippen LogP contribution in [0, 0.1) is 0 Å². The number of hydrogen-bond acceptors (Lipinski definition) is 1. The second-order valence-electron chi connectivity index (χ2n) is 6.30. The van der Waals surface area contributed by atoms with Crippen LogP contribution in [0.3, 0.4) is 0 Å². The molecule has 0 aliphatic heterocycles. The normalized spacial score (nSPS) is 11.8. The molecular weight excluding hydrogens is 336 g/mol. The predicted octanol–water partition coefficient (Wildman–Crippen LogP) is 6.03. The molecule has 0 bridgehead atoms. The first-order valence-corrected chi connectivity index (χ1v) is 8.56. The largest absolute Gasteiger partial charge is 0.286 e. The van der Waals surface area contributed by atoms with Gasteiger partial charge < -0.3 is 0 Å². The predicted molar refractivity (Wildman–Crippen MR) is 96.9 cm³/mol. The van der Waals surface area contributed by atoms with Crippen molar-refractivity contribution in [2.24, 2.45) is 0 Å². The van der Waals surface area contributed by atoms with Crippen LogP contribution in [-0.2, 0) is 0 Å².